The predicted molar refractivity (Wildman–Crippen MR) is 66.1 cm³/mol. The average Bonchev–Trinajstić information content (AvgIpc) is 2.73. The van der Waals surface area contributed by atoms with Crippen LogP contribution in [0.25, 0.3) is 0 Å². The van der Waals surface area contributed by atoms with E-state index < -0.39 is 0 Å². The van der Waals surface area contributed by atoms with Gasteiger partial charge in [-0.15, -0.1) is 5.10 Å². The van der Waals surface area contributed by atoms with Gasteiger partial charge < -0.3 is 15.0 Å². The maximum Gasteiger partial charge on any atom is 0.147 e. The smallest absolute Gasteiger partial charge is 0.147 e. The molecule has 1 fully saturated rings. The zero-order valence-corrected chi connectivity index (χ0v) is 10.8. The summed E-state index contributed by atoms with van der Waals surface area (Å²) in [6.07, 6.45) is 1.81. The van der Waals surface area contributed by atoms with Gasteiger partial charge in [-0.2, -0.15) is 0 Å². The van der Waals surface area contributed by atoms with Crippen molar-refractivity contribution >= 4 is 5.82 Å². The van der Waals surface area contributed by atoms with Crippen LogP contribution in [0.3, 0.4) is 0 Å². The van der Waals surface area contributed by atoms with Crippen molar-refractivity contribution < 1.29 is 4.74 Å². The van der Waals surface area contributed by atoms with Crippen molar-refractivity contribution in [2.45, 2.75) is 25.9 Å². The van der Waals surface area contributed by atoms with E-state index in [2.05, 4.69) is 34.4 Å². The Morgan fingerprint density at radius 2 is 2.41 bits per heavy atom. The van der Waals surface area contributed by atoms with Gasteiger partial charge in [-0.25, -0.2) is 4.68 Å². The lowest BCUT2D eigenvalue weighted by molar-refractivity contribution is 0.0924. The molecule has 0 amide bonds. The zero-order chi connectivity index (χ0) is 12.3. The maximum absolute atomic E-state index is 5.55. The Morgan fingerprint density at radius 3 is 3.06 bits per heavy atom. The van der Waals surface area contributed by atoms with Gasteiger partial charge in [0.2, 0.25) is 0 Å². The van der Waals surface area contributed by atoms with Crippen molar-refractivity contribution in [1.82, 2.24) is 20.3 Å². The molecule has 96 valence electrons. The van der Waals surface area contributed by atoms with E-state index in [1.165, 1.54) is 0 Å². The summed E-state index contributed by atoms with van der Waals surface area (Å²) in [7, 11) is 1.92. The number of nitrogens with zero attached hydrogens (tertiary/aromatic N) is 4. The second-order valence-corrected chi connectivity index (χ2v) is 4.70. The Morgan fingerprint density at radius 1 is 1.59 bits per heavy atom. The quantitative estimate of drug-likeness (QED) is 0.802. The number of nitrogens with one attached hydrogen (secondary N) is 1. The van der Waals surface area contributed by atoms with Gasteiger partial charge in [-0.05, 0) is 0 Å². The number of hydrogen-bond donors (Lipinski definition) is 1. The molecule has 1 aromatic rings. The van der Waals surface area contributed by atoms with Gasteiger partial charge >= 0.3 is 0 Å². The molecule has 0 aromatic carbocycles. The first-order valence-corrected chi connectivity index (χ1v) is 6.11. The lowest BCUT2D eigenvalue weighted by atomic mass is 10.2. The second kappa shape index (κ2) is 5.46. The highest BCUT2D eigenvalue weighted by atomic mass is 16.5. The van der Waals surface area contributed by atoms with E-state index in [9.17, 15) is 0 Å². The molecular formula is C11H21N5O. The Balaban J connectivity index is 2.04. The summed E-state index contributed by atoms with van der Waals surface area (Å²) in [5.74, 6) is 1.06. The lowest BCUT2D eigenvalue weighted by Gasteiger charge is -2.37. The monoisotopic (exact) mass is 239 g/mol. The van der Waals surface area contributed by atoms with Gasteiger partial charge in [0.1, 0.15) is 5.82 Å². The molecule has 2 heterocycles. The Hall–Kier alpha value is -1.14. The molecule has 1 aliphatic rings. The molecule has 1 N–H and O–H groups in total. The molecule has 0 saturated carbocycles. The molecule has 6 nitrogen and oxygen atoms in total. The average molecular weight is 239 g/mol. The highest BCUT2D eigenvalue weighted by Gasteiger charge is 2.25. The van der Waals surface area contributed by atoms with Crippen LogP contribution >= 0.6 is 0 Å². The fraction of sp³-hybridized carbons (Fsp3) is 0.818. The van der Waals surface area contributed by atoms with Gasteiger partial charge in [0, 0.05) is 26.2 Å². The molecule has 0 aliphatic carbocycles. The van der Waals surface area contributed by atoms with Crippen molar-refractivity contribution in [3.8, 4) is 0 Å². The molecule has 0 radical (unpaired) electrons. The summed E-state index contributed by atoms with van der Waals surface area (Å²) < 4.78 is 7.36. The first-order valence-electron chi connectivity index (χ1n) is 6.11. The molecule has 2 rings (SSSR count). The normalized spacial score (nSPS) is 21.2. The zero-order valence-electron chi connectivity index (χ0n) is 10.8. The third kappa shape index (κ3) is 2.95. The largest absolute Gasteiger partial charge is 0.377 e. The number of rotatable bonds is 4. The van der Waals surface area contributed by atoms with Crippen LogP contribution in [0.1, 0.15) is 13.8 Å². The molecule has 1 saturated heterocycles. The van der Waals surface area contributed by atoms with E-state index in [4.69, 9.17) is 4.74 Å². The van der Waals surface area contributed by atoms with Crippen molar-refractivity contribution in [1.29, 1.82) is 0 Å². The Labute approximate surface area is 102 Å². The van der Waals surface area contributed by atoms with E-state index in [0.717, 1.165) is 32.1 Å². The van der Waals surface area contributed by atoms with E-state index in [1.54, 1.807) is 0 Å². The molecule has 1 aliphatic heterocycles. The second-order valence-electron chi connectivity index (χ2n) is 4.70. The minimum Gasteiger partial charge on any atom is -0.377 e. The third-order valence-electron chi connectivity index (χ3n) is 2.97. The Kier molecular flexibility index (Phi) is 3.96. The summed E-state index contributed by atoms with van der Waals surface area (Å²) in [6.45, 7) is 7.64. The van der Waals surface area contributed by atoms with Crippen LogP contribution in [0.4, 0.5) is 5.82 Å². The Bertz CT molecular complexity index is 351. The molecule has 1 aromatic heterocycles. The van der Waals surface area contributed by atoms with E-state index in [0.29, 0.717) is 12.1 Å². The van der Waals surface area contributed by atoms with Crippen molar-refractivity contribution in [2.75, 3.05) is 31.2 Å². The van der Waals surface area contributed by atoms with Gasteiger partial charge in [0.25, 0.3) is 0 Å². The van der Waals surface area contributed by atoms with Crippen molar-refractivity contribution in [3.05, 3.63) is 6.20 Å². The number of anilines is 1. The number of hydrogen-bond acceptors (Lipinski definition) is 5. The van der Waals surface area contributed by atoms with Crippen LogP contribution in [0.5, 0.6) is 0 Å². The summed E-state index contributed by atoms with van der Waals surface area (Å²) in [6, 6.07) is 0.840. The van der Waals surface area contributed by atoms with Crippen LogP contribution in [-0.2, 0) is 11.8 Å². The van der Waals surface area contributed by atoms with Crippen LogP contribution < -0.4 is 10.2 Å². The number of morpholine rings is 1. The summed E-state index contributed by atoms with van der Waals surface area (Å²) >= 11 is 0. The number of aryl methyl sites for hydroxylation is 1. The molecule has 1 atom stereocenters. The molecule has 0 spiro atoms. The minimum absolute atomic E-state index is 0.350. The van der Waals surface area contributed by atoms with Gasteiger partial charge in [0.05, 0.1) is 25.5 Å². The number of aromatic nitrogens is 3. The van der Waals surface area contributed by atoms with Gasteiger partial charge in [0.15, 0.2) is 0 Å². The van der Waals surface area contributed by atoms with Crippen LogP contribution in [-0.4, -0.2) is 53.4 Å². The SMILES string of the molecule is CC(C)NCC1COCCN1c1cnnn1C. The maximum atomic E-state index is 5.55. The highest BCUT2D eigenvalue weighted by Crippen LogP contribution is 2.17. The van der Waals surface area contributed by atoms with Gasteiger partial charge in [-0.3, -0.25) is 0 Å². The van der Waals surface area contributed by atoms with E-state index in [1.807, 2.05) is 17.9 Å². The molecule has 1 unspecified atom stereocenters. The third-order valence-corrected chi connectivity index (χ3v) is 2.97. The molecule has 6 heteroatoms. The lowest BCUT2D eigenvalue weighted by Crippen LogP contribution is -2.52. The standard InChI is InChI=1S/C11H21N5O/c1-9(2)12-6-10-8-17-5-4-16(10)11-7-13-14-15(11)3/h7,9-10,12H,4-6,8H2,1-3H3. The van der Waals surface area contributed by atoms with Crippen molar-refractivity contribution in [3.63, 3.8) is 0 Å². The first kappa shape index (κ1) is 12.3. The fourth-order valence-corrected chi connectivity index (χ4v) is 2.04. The molecule has 17 heavy (non-hydrogen) atoms. The van der Waals surface area contributed by atoms with Crippen LogP contribution in [0.2, 0.25) is 0 Å². The van der Waals surface area contributed by atoms with Gasteiger partial charge in [-0.1, -0.05) is 19.1 Å². The fourth-order valence-electron chi connectivity index (χ4n) is 2.04. The first-order chi connectivity index (χ1) is 8.18. The number of ether oxygens (including phenoxy) is 1. The topological polar surface area (TPSA) is 55.2 Å². The van der Waals surface area contributed by atoms with Crippen LogP contribution in [0, 0.1) is 0 Å². The molecular weight excluding hydrogens is 218 g/mol. The van der Waals surface area contributed by atoms with Crippen molar-refractivity contribution in [2.24, 2.45) is 7.05 Å². The summed E-state index contributed by atoms with van der Waals surface area (Å²) in [4.78, 5) is 2.32. The van der Waals surface area contributed by atoms with E-state index >= 15 is 0 Å². The van der Waals surface area contributed by atoms with Crippen LogP contribution in [0.15, 0.2) is 6.20 Å². The predicted octanol–water partition coefficient (Wildman–Crippen LogP) is 0.0183. The van der Waals surface area contributed by atoms with E-state index in [-0.39, 0.29) is 0 Å². The highest BCUT2D eigenvalue weighted by molar-refractivity contribution is 5.38. The summed E-state index contributed by atoms with van der Waals surface area (Å²) in [5, 5.41) is 11.4. The minimum atomic E-state index is 0.350. The summed E-state index contributed by atoms with van der Waals surface area (Å²) in [5.41, 5.74) is 0. The molecule has 0 bridgehead atoms.